The van der Waals surface area contributed by atoms with Crippen molar-refractivity contribution in [2.45, 2.75) is 25.3 Å². The molecule has 2 aliphatic heterocycles. The van der Waals surface area contributed by atoms with E-state index in [1.54, 1.807) is 0 Å². The molecule has 2 atom stereocenters. The van der Waals surface area contributed by atoms with Gasteiger partial charge in [-0.25, -0.2) is 16.8 Å². The van der Waals surface area contributed by atoms with Crippen LogP contribution < -0.4 is 5.32 Å². The first-order chi connectivity index (χ1) is 7.86. The Balaban J connectivity index is 1.79. The summed E-state index contributed by atoms with van der Waals surface area (Å²) in [6.07, 6.45) is 2.29. The van der Waals surface area contributed by atoms with Gasteiger partial charge < -0.3 is 5.32 Å². The number of hydrogen-bond donors (Lipinski definition) is 1. The maximum atomic E-state index is 11.4. The summed E-state index contributed by atoms with van der Waals surface area (Å²) >= 11 is 0. The molecular weight excluding hydrogens is 262 g/mol. The topological polar surface area (TPSA) is 80.3 Å². The Bertz CT molecular complexity index is 469. The van der Waals surface area contributed by atoms with Gasteiger partial charge in [0.25, 0.3) is 0 Å². The van der Waals surface area contributed by atoms with Crippen LogP contribution in [0.1, 0.15) is 19.3 Å². The average Bonchev–Trinajstić information content (AvgIpc) is 2.54. The quantitative estimate of drug-likeness (QED) is 0.760. The summed E-state index contributed by atoms with van der Waals surface area (Å²) in [6, 6.07) is 0.0112. The third kappa shape index (κ3) is 3.93. The molecule has 2 fully saturated rings. The average molecular weight is 281 g/mol. The molecule has 0 bridgehead atoms. The molecule has 17 heavy (non-hydrogen) atoms. The van der Waals surface area contributed by atoms with Crippen LogP contribution in [0.25, 0.3) is 0 Å². The fourth-order valence-corrected chi connectivity index (χ4v) is 6.08. The zero-order valence-corrected chi connectivity index (χ0v) is 11.4. The highest BCUT2D eigenvalue weighted by atomic mass is 32.2. The van der Waals surface area contributed by atoms with Crippen molar-refractivity contribution in [1.82, 2.24) is 5.32 Å². The van der Waals surface area contributed by atoms with Crippen molar-refractivity contribution < 1.29 is 16.8 Å². The van der Waals surface area contributed by atoms with E-state index in [2.05, 4.69) is 5.32 Å². The molecule has 2 aliphatic rings. The molecule has 2 saturated heterocycles. The second-order valence-electron chi connectivity index (χ2n) is 5.13. The molecule has 100 valence electrons. The van der Waals surface area contributed by atoms with E-state index in [1.807, 2.05) is 0 Å². The predicted molar refractivity (Wildman–Crippen MR) is 66.4 cm³/mol. The molecule has 5 nitrogen and oxygen atoms in total. The van der Waals surface area contributed by atoms with Gasteiger partial charge in [0.2, 0.25) is 0 Å². The summed E-state index contributed by atoms with van der Waals surface area (Å²) in [7, 11) is -5.71. The Morgan fingerprint density at radius 1 is 0.941 bits per heavy atom. The molecule has 0 amide bonds. The highest BCUT2D eigenvalue weighted by Crippen LogP contribution is 2.18. The summed E-state index contributed by atoms with van der Waals surface area (Å²) in [5.41, 5.74) is 0. The normalized spacial score (nSPS) is 35.8. The molecule has 0 aromatic carbocycles. The lowest BCUT2D eigenvalue weighted by atomic mass is 10.1. The number of hydrogen-bond acceptors (Lipinski definition) is 5. The van der Waals surface area contributed by atoms with Crippen molar-refractivity contribution in [1.29, 1.82) is 0 Å². The monoisotopic (exact) mass is 281 g/mol. The van der Waals surface area contributed by atoms with Crippen molar-refractivity contribution in [2.75, 3.05) is 29.6 Å². The Hall–Kier alpha value is -0.140. The minimum Gasteiger partial charge on any atom is -0.313 e. The fourth-order valence-electron chi connectivity index (χ4n) is 2.55. The van der Waals surface area contributed by atoms with Crippen LogP contribution >= 0.6 is 0 Å². The van der Waals surface area contributed by atoms with E-state index in [9.17, 15) is 16.8 Å². The smallest absolute Gasteiger partial charge is 0.151 e. The molecule has 1 N–H and O–H groups in total. The van der Waals surface area contributed by atoms with Gasteiger partial charge in [0.1, 0.15) is 0 Å². The maximum absolute atomic E-state index is 11.4. The maximum Gasteiger partial charge on any atom is 0.151 e. The van der Waals surface area contributed by atoms with Gasteiger partial charge in [-0.3, -0.25) is 0 Å². The van der Waals surface area contributed by atoms with Crippen LogP contribution in [0.15, 0.2) is 0 Å². The van der Waals surface area contributed by atoms with Crippen molar-refractivity contribution >= 4 is 19.7 Å². The Labute approximate surface area is 103 Å². The number of sulfone groups is 2. The van der Waals surface area contributed by atoms with E-state index < -0.39 is 19.7 Å². The van der Waals surface area contributed by atoms with E-state index >= 15 is 0 Å². The van der Waals surface area contributed by atoms with Crippen LogP contribution in [0, 0.1) is 5.92 Å². The van der Waals surface area contributed by atoms with Gasteiger partial charge in [0, 0.05) is 6.04 Å². The van der Waals surface area contributed by atoms with Gasteiger partial charge in [0.15, 0.2) is 19.7 Å². The summed E-state index contributed by atoms with van der Waals surface area (Å²) in [4.78, 5) is 0. The fraction of sp³-hybridized carbons (Fsp3) is 1.00. The summed E-state index contributed by atoms with van der Waals surface area (Å²) in [5.74, 6) is 1.18. The predicted octanol–water partition coefficient (Wildman–Crippen LogP) is -0.412. The standard InChI is InChI=1S/C10H19NO4S2/c12-16(13)4-1-2-10(8-16)11-6-9-3-5-17(14,15)7-9/h9-11H,1-8H2. The lowest BCUT2D eigenvalue weighted by Crippen LogP contribution is -2.42. The van der Waals surface area contributed by atoms with E-state index in [0.717, 1.165) is 6.42 Å². The van der Waals surface area contributed by atoms with Gasteiger partial charge in [-0.1, -0.05) is 0 Å². The first kappa shape index (κ1) is 13.3. The summed E-state index contributed by atoms with van der Waals surface area (Å²) in [6.45, 7) is 0.624. The molecule has 0 spiro atoms. The highest BCUT2D eigenvalue weighted by molar-refractivity contribution is 7.91. The Kier molecular flexibility index (Phi) is 3.80. The molecular formula is C10H19NO4S2. The van der Waals surface area contributed by atoms with Crippen LogP contribution in [0.2, 0.25) is 0 Å². The van der Waals surface area contributed by atoms with E-state index in [0.29, 0.717) is 25.1 Å². The van der Waals surface area contributed by atoms with Crippen LogP contribution in [-0.2, 0) is 19.7 Å². The minimum absolute atomic E-state index is 0.0112. The first-order valence-electron chi connectivity index (χ1n) is 6.00. The molecule has 0 saturated carbocycles. The molecule has 0 aliphatic carbocycles. The second-order valence-corrected chi connectivity index (χ2v) is 9.59. The largest absolute Gasteiger partial charge is 0.313 e. The van der Waals surface area contributed by atoms with E-state index in [4.69, 9.17) is 0 Å². The SMILES string of the molecule is O=S1(=O)CCC(CNC2CCCS(=O)(=O)C2)C1. The van der Waals surface area contributed by atoms with Gasteiger partial charge >= 0.3 is 0 Å². The van der Waals surface area contributed by atoms with Gasteiger partial charge in [-0.05, 0) is 31.7 Å². The van der Waals surface area contributed by atoms with Gasteiger partial charge in [-0.2, -0.15) is 0 Å². The molecule has 2 heterocycles. The van der Waals surface area contributed by atoms with E-state index in [1.165, 1.54) is 0 Å². The summed E-state index contributed by atoms with van der Waals surface area (Å²) in [5, 5.41) is 3.21. The van der Waals surface area contributed by atoms with Crippen LogP contribution in [0.3, 0.4) is 0 Å². The lowest BCUT2D eigenvalue weighted by Gasteiger charge is -2.24. The number of nitrogens with one attached hydrogen (secondary N) is 1. The Morgan fingerprint density at radius 3 is 2.24 bits per heavy atom. The van der Waals surface area contributed by atoms with Crippen molar-refractivity contribution in [3.8, 4) is 0 Å². The minimum atomic E-state index is -2.88. The second kappa shape index (κ2) is 4.85. The van der Waals surface area contributed by atoms with Gasteiger partial charge in [0.05, 0.1) is 23.0 Å². The molecule has 0 aromatic heterocycles. The number of rotatable bonds is 3. The molecule has 2 rings (SSSR count). The van der Waals surface area contributed by atoms with Crippen molar-refractivity contribution in [2.24, 2.45) is 5.92 Å². The molecule has 2 unspecified atom stereocenters. The molecule has 0 aromatic rings. The third-order valence-corrected chi connectivity index (χ3v) is 7.14. The van der Waals surface area contributed by atoms with Crippen molar-refractivity contribution in [3.63, 3.8) is 0 Å². The highest BCUT2D eigenvalue weighted by Gasteiger charge is 2.29. The first-order valence-corrected chi connectivity index (χ1v) is 9.65. The van der Waals surface area contributed by atoms with Crippen LogP contribution in [-0.4, -0.2) is 52.4 Å². The van der Waals surface area contributed by atoms with Crippen LogP contribution in [0.4, 0.5) is 0 Å². The zero-order valence-electron chi connectivity index (χ0n) is 9.76. The van der Waals surface area contributed by atoms with Crippen molar-refractivity contribution in [3.05, 3.63) is 0 Å². The van der Waals surface area contributed by atoms with E-state index in [-0.39, 0.29) is 29.2 Å². The Morgan fingerprint density at radius 2 is 1.65 bits per heavy atom. The summed E-state index contributed by atoms with van der Waals surface area (Å²) < 4.78 is 45.4. The zero-order chi connectivity index (χ0) is 12.5. The molecule has 0 radical (unpaired) electrons. The van der Waals surface area contributed by atoms with Crippen LogP contribution in [0.5, 0.6) is 0 Å². The van der Waals surface area contributed by atoms with Gasteiger partial charge in [-0.15, -0.1) is 0 Å². The third-order valence-electron chi connectivity index (χ3n) is 3.48. The lowest BCUT2D eigenvalue weighted by molar-refractivity contribution is 0.435. The molecule has 7 heteroatoms.